The number of aromatic amines is 1. The molecule has 1 aromatic rings. The first-order chi connectivity index (χ1) is 4.61. The van der Waals surface area contributed by atoms with Gasteiger partial charge in [-0.05, 0) is 29.8 Å². The molecule has 0 aliphatic rings. The molecule has 0 fully saturated rings. The average Bonchev–Trinajstić information content (AvgIpc) is 1.82. The van der Waals surface area contributed by atoms with Gasteiger partial charge in [0.15, 0.2) is 0 Å². The highest BCUT2D eigenvalue weighted by molar-refractivity contribution is 9.10. The third kappa shape index (κ3) is 1.44. The Bertz CT molecular complexity index is 305. The van der Waals surface area contributed by atoms with E-state index >= 15 is 0 Å². The van der Waals surface area contributed by atoms with Crippen molar-refractivity contribution in [3.63, 3.8) is 0 Å². The van der Waals surface area contributed by atoms with E-state index in [0.29, 0.717) is 4.64 Å². The molecule has 0 aliphatic heterocycles. The summed E-state index contributed by atoms with van der Waals surface area (Å²) in [5.41, 5.74) is 1.03. The third-order valence-electron chi connectivity index (χ3n) is 1.15. The fourth-order valence-corrected chi connectivity index (χ4v) is 1.19. The average molecular weight is 219 g/mol. The number of H-pyrrole nitrogens is 1. The lowest BCUT2D eigenvalue weighted by Gasteiger charge is -1.98. The van der Waals surface area contributed by atoms with Crippen molar-refractivity contribution < 1.29 is 0 Å². The van der Waals surface area contributed by atoms with Crippen molar-refractivity contribution >= 4 is 28.1 Å². The summed E-state index contributed by atoms with van der Waals surface area (Å²) in [4.78, 5) is 7.10. The largest absolute Gasteiger partial charge is 0.347 e. The van der Waals surface area contributed by atoms with Gasteiger partial charge in [-0.25, -0.2) is 4.98 Å². The SMILES string of the molecule is Cc1nc(=S)c(Br)c(C)[nH]1. The summed E-state index contributed by atoms with van der Waals surface area (Å²) in [5, 5.41) is 0. The number of aromatic nitrogens is 2. The first-order valence-corrected chi connectivity index (χ1v) is 4.04. The predicted octanol–water partition coefficient (Wildman–Crippen LogP) is 2.52. The lowest BCUT2D eigenvalue weighted by Crippen LogP contribution is -1.92. The van der Waals surface area contributed by atoms with Crippen LogP contribution < -0.4 is 0 Å². The number of halogens is 1. The van der Waals surface area contributed by atoms with Crippen LogP contribution in [-0.2, 0) is 0 Å². The fraction of sp³-hybridized carbons (Fsp3) is 0.333. The van der Waals surface area contributed by atoms with Crippen LogP contribution in [0.1, 0.15) is 11.5 Å². The molecule has 1 N–H and O–H groups in total. The second-order valence-corrected chi connectivity index (χ2v) is 3.25. The number of hydrogen-bond acceptors (Lipinski definition) is 2. The Labute approximate surface area is 72.8 Å². The molecule has 0 radical (unpaired) electrons. The number of hydrogen-bond donors (Lipinski definition) is 1. The first kappa shape index (κ1) is 7.88. The molecule has 4 heteroatoms. The monoisotopic (exact) mass is 218 g/mol. The maximum atomic E-state index is 4.95. The molecule has 0 amide bonds. The summed E-state index contributed by atoms with van der Waals surface area (Å²) in [6.07, 6.45) is 0. The summed E-state index contributed by atoms with van der Waals surface area (Å²) in [6.45, 7) is 3.84. The summed E-state index contributed by atoms with van der Waals surface area (Å²) >= 11 is 8.27. The lowest BCUT2D eigenvalue weighted by atomic mass is 10.4. The molecule has 0 bridgehead atoms. The number of nitrogens with one attached hydrogen (secondary N) is 1. The Balaban J connectivity index is 3.46. The van der Waals surface area contributed by atoms with E-state index in [1.807, 2.05) is 13.8 Å². The maximum absolute atomic E-state index is 4.95. The van der Waals surface area contributed by atoms with Crippen LogP contribution in [0, 0.1) is 18.5 Å². The molecule has 0 aromatic carbocycles. The van der Waals surface area contributed by atoms with Crippen LogP contribution in [0.3, 0.4) is 0 Å². The molecule has 2 nitrogen and oxygen atoms in total. The van der Waals surface area contributed by atoms with Crippen molar-refractivity contribution in [1.29, 1.82) is 0 Å². The van der Waals surface area contributed by atoms with Gasteiger partial charge in [0.05, 0.1) is 4.47 Å². The Morgan fingerprint density at radius 3 is 2.60 bits per heavy atom. The zero-order valence-corrected chi connectivity index (χ0v) is 8.14. The molecule has 10 heavy (non-hydrogen) atoms. The summed E-state index contributed by atoms with van der Waals surface area (Å²) in [6, 6.07) is 0. The smallest absolute Gasteiger partial charge is 0.144 e. The van der Waals surface area contributed by atoms with Crippen LogP contribution >= 0.6 is 28.1 Å². The number of nitrogens with zero attached hydrogens (tertiary/aromatic N) is 1. The van der Waals surface area contributed by atoms with Crippen molar-refractivity contribution in [2.45, 2.75) is 13.8 Å². The van der Waals surface area contributed by atoms with Crippen LogP contribution in [0.5, 0.6) is 0 Å². The summed E-state index contributed by atoms with van der Waals surface area (Å²) in [7, 11) is 0. The van der Waals surface area contributed by atoms with E-state index in [1.54, 1.807) is 0 Å². The highest BCUT2D eigenvalue weighted by atomic mass is 79.9. The van der Waals surface area contributed by atoms with E-state index in [4.69, 9.17) is 12.2 Å². The topological polar surface area (TPSA) is 28.7 Å². The molecule has 0 aliphatic carbocycles. The van der Waals surface area contributed by atoms with Gasteiger partial charge in [0.2, 0.25) is 0 Å². The molecule has 1 heterocycles. The first-order valence-electron chi connectivity index (χ1n) is 2.84. The zero-order valence-electron chi connectivity index (χ0n) is 5.73. The van der Waals surface area contributed by atoms with E-state index in [0.717, 1.165) is 16.0 Å². The van der Waals surface area contributed by atoms with Crippen LogP contribution in [0.15, 0.2) is 4.47 Å². The molecule has 54 valence electrons. The molecule has 1 aromatic heterocycles. The Hall–Kier alpha value is -0.220. The predicted molar refractivity (Wildman–Crippen MR) is 46.6 cm³/mol. The van der Waals surface area contributed by atoms with Crippen LogP contribution in [-0.4, -0.2) is 9.97 Å². The minimum Gasteiger partial charge on any atom is -0.347 e. The molecule has 1 rings (SSSR count). The van der Waals surface area contributed by atoms with E-state index in [1.165, 1.54) is 0 Å². The van der Waals surface area contributed by atoms with Crippen molar-refractivity contribution in [2.24, 2.45) is 0 Å². The van der Waals surface area contributed by atoms with Crippen LogP contribution in [0.4, 0.5) is 0 Å². The maximum Gasteiger partial charge on any atom is 0.144 e. The highest BCUT2D eigenvalue weighted by Crippen LogP contribution is 2.13. The second kappa shape index (κ2) is 2.80. The zero-order chi connectivity index (χ0) is 7.72. The van der Waals surface area contributed by atoms with Crippen molar-refractivity contribution in [3.8, 4) is 0 Å². The van der Waals surface area contributed by atoms with Crippen LogP contribution in [0.2, 0.25) is 0 Å². The van der Waals surface area contributed by atoms with E-state index < -0.39 is 0 Å². The quantitative estimate of drug-likeness (QED) is 0.679. The number of aryl methyl sites for hydroxylation is 2. The molecule has 0 unspecified atom stereocenters. The molecular formula is C6H7BrN2S. The van der Waals surface area contributed by atoms with E-state index in [2.05, 4.69) is 25.9 Å². The van der Waals surface area contributed by atoms with Crippen molar-refractivity contribution in [3.05, 3.63) is 20.6 Å². The summed E-state index contributed by atoms with van der Waals surface area (Å²) in [5.74, 6) is 0.852. The van der Waals surface area contributed by atoms with E-state index in [9.17, 15) is 0 Å². The lowest BCUT2D eigenvalue weighted by molar-refractivity contribution is 0.988. The summed E-state index contributed by atoms with van der Waals surface area (Å²) < 4.78 is 1.50. The van der Waals surface area contributed by atoms with E-state index in [-0.39, 0.29) is 0 Å². The van der Waals surface area contributed by atoms with Gasteiger partial charge in [-0.3, -0.25) is 0 Å². The van der Waals surface area contributed by atoms with Gasteiger partial charge in [0, 0.05) is 5.69 Å². The third-order valence-corrected chi connectivity index (χ3v) is 2.68. The molecular weight excluding hydrogens is 212 g/mol. The molecule has 0 saturated carbocycles. The Kier molecular flexibility index (Phi) is 2.21. The van der Waals surface area contributed by atoms with Gasteiger partial charge in [-0.1, -0.05) is 12.2 Å². The molecule has 0 spiro atoms. The molecule has 0 saturated heterocycles. The normalized spacial score (nSPS) is 9.90. The van der Waals surface area contributed by atoms with Crippen molar-refractivity contribution in [2.75, 3.05) is 0 Å². The minimum atomic E-state index is 0.619. The van der Waals surface area contributed by atoms with Crippen LogP contribution in [0.25, 0.3) is 0 Å². The van der Waals surface area contributed by atoms with Crippen molar-refractivity contribution in [1.82, 2.24) is 9.97 Å². The van der Waals surface area contributed by atoms with Gasteiger partial charge in [-0.2, -0.15) is 0 Å². The second-order valence-electron chi connectivity index (χ2n) is 2.07. The Morgan fingerprint density at radius 2 is 2.10 bits per heavy atom. The minimum absolute atomic E-state index is 0.619. The van der Waals surface area contributed by atoms with Gasteiger partial charge >= 0.3 is 0 Å². The number of rotatable bonds is 0. The van der Waals surface area contributed by atoms with Gasteiger partial charge < -0.3 is 4.98 Å². The fourth-order valence-electron chi connectivity index (χ4n) is 0.716. The Morgan fingerprint density at radius 1 is 1.50 bits per heavy atom. The highest BCUT2D eigenvalue weighted by Gasteiger charge is 1.96. The van der Waals surface area contributed by atoms with Gasteiger partial charge in [0.1, 0.15) is 10.5 Å². The standard InChI is InChI=1S/C6H7BrN2S/c1-3-5(7)6(10)9-4(2)8-3/h1-2H3,(H,8,9,10). The van der Waals surface area contributed by atoms with Gasteiger partial charge in [0.25, 0.3) is 0 Å². The van der Waals surface area contributed by atoms with Gasteiger partial charge in [-0.15, -0.1) is 0 Å². The molecule has 0 atom stereocenters.